The second-order valence-electron chi connectivity index (χ2n) is 6.05. The molecule has 1 heterocycles. The lowest BCUT2D eigenvalue weighted by molar-refractivity contribution is 0.0761. The number of benzene rings is 1. The lowest BCUT2D eigenvalue weighted by Crippen LogP contribution is -2.44. The highest BCUT2D eigenvalue weighted by Gasteiger charge is 2.23. The van der Waals surface area contributed by atoms with Crippen LogP contribution in [0.1, 0.15) is 36.2 Å². The van der Waals surface area contributed by atoms with Crippen LogP contribution < -0.4 is 5.32 Å². The van der Waals surface area contributed by atoms with E-state index < -0.39 is 0 Å². The smallest absolute Gasteiger partial charge is 0.317 e. The van der Waals surface area contributed by atoms with Gasteiger partial charge in [-0.05, 0) is 38.8 Å². The molecule has 1 aliphatic heterocycles. The van der Waals surface area contributed by atoms with Gasteiger partial charge in [-0.3, -0.25) is 4.79 Å². The van der Waals surface area contributed by atoms with Gasteiger partial charge in [0.25, 0.3) is 5.91 Å². The molecule has 1 saturated heterocycles. The first-order valence-corrected chi connectivity index (χ1v) is 7.89. The third-order valence-electron chi connectivity index (χ3n) is 3.86. The molecule has 0 spiro atoms. The highest BCUT2D eigenvalue weighted by Crippen LogP contribution is 2.13. The van der Waals surface area contributed by atoms with E-state index >= 15 is 0 Å². The van der Waals surface area contributed by atoms with E-state index in [0.717, 1.165) is 17.5 Å². The second-order valence-corrected chi connectivity index (χ2v) is 6.05. The zero-order valence-corrected chi connectivity index (χ0v) is 13.6. The molecule has 0 atom stereocenters. The van der Waals surface area contributed by atoms with Gasteiger partial charge in [0.1, 0.15) is 0 Å². The summed E-state index contributed by atoms with van der Waals surface area (Å²) in [6.07, 6.45) is 0.809. The van der Waals surface area contributed by atoms with Crippen molar-refractivity contribution >= 4 is 11.9 Å². The van der Waals surface area contributed by atoms with Crippen LogP contribution in [0.25, 0.3) is 0 Å². The van der Waals surface area contributed by atoms with Gasteiger partial charge in [-0.15, -0.1) is 0 Å². The van der Waals surface area contributed by atoms with E-state index in [0.29, 0.717) is 26.2 Å². The first-order valence-electron chi connectivity index (χ1n) is 7.89. The molecule has 3 amide bonds. The van der Waals surface area contributed by atoms with E-state index in [1.54, 1.807) is 4.90 Å². The van der Waals surface area contributed by atoms with Crippen LogP contribution in [0.2, 0.25) is 0 Å². The van der Waals surface area contributed by atoms with Gasteiger partial charge in [0, 0.05) is 37.8 Å². The van der Waals surface area contributed by atoms with Crippen molar-refractivity contribution in [3.63, 3.8) is 0 Å². The molecule has 0 bridgehead atoms. The molecular weight excluding hydrogens is 278 g/mol. The van der Waals surface area contributed by atoms with E-state index in [2.05, 4.69) is 5.32 Å². The Kier molecular flexibility index (Phi) is 5.41. The average molecular weight is 303 g/mol. The van der Waals surface area contributed by atoms with E-state index in [4.69, 9.17) is 0 Å². The summed E-state index contributed by atoms with van der Waals surface area (Å²) in [5.41, 5.74) is 1.74. The SMILES string of the molecule is Cc1ccccc1C(=O)N1CCCN(C(=O)NC(C)C)CC1. The molecule has 0 radical (unpaired) electrons. The molecular formula is C17H25N3O2. The molecule has 1 aliphatic rings. The Bertz CT molecular complexity index is 542. The lowest BCUT2D eigenvalue weighted by atomic mass is 10.1. The largest absolute Gasteiger partial charge is 0.337 e. The number of nitrogens with one attached hydrogen (secondary N) is 1. The third-order valence-corrected chi connectivity index (χ3v) is 3.86. The van der Waals surface area contributed by atoms with Crippen molar-refractivity contribution < 1.29 is 9.59 Å². The van der Waals surface area contributed by atoms with Gasteiger partial charge in [-0.2, -0.15) is 0 Å². The summed E-state index contributed by atoms with van der Waals surface area (Å²) in [6, 6.07) is 7.73. The van der Waals surface area contributed by atoms with Crippen LogP contribution in [0, 0.1) is 6.92 Å². The van der Waals surface area contributed by atoms with Crippen molar-refractivity contribution in [1.82, 2.24) is 15.1 Å². The summed E-state index contributed by atoms with van der Waals surface area (Å²) in [4.78, 5) is 28.4. The molecule has 22 heavy (non-hydrogen) atoms. The molecule has 1 aromatic carbocycles. The van der Waals surface area contributed by atoms with Crippen LogP contribution >= 0.6 is 0 Å². The minimum atomic E-state index is -0.0415. The topological polar surface area (TPSA) is 52.7 Å². The number of aryl methyl sites for hydroxylation is 1. The summed E-state index contributed by atoms with van der Waals surface area (Å²) in [5, 5.41) is 2.91. The number of nitrogens with zero attached hydrogens (tertiary/aromatic N) is 2. The van der Waals surface area contributed by atoms with Crippen LogP contribution in [0.3, 0.4) is 0 Å². The van der Waals surface area contributed by atoms with Gasteiger partial charge < -0.3 is 15.1 Å². The number of carbonyl (C=O) groups excluding carboxylic acids is 2. The summed E-state index contributed by atoms with van der Waals surface area (Å²) in [7, 11) is 0. The minimum Gasteiger partial charge on any atom is -0.337 e. The van der Waals surface area contributed by atoms with Gasteiger partial charge >= 0.3 is 6.03 Å². The highest BCUT2D eigenvalue weighted by atomic mass is 16.2. The van der Waals surface area contributed by atoms with Gasteiger partial charge in [0.2, 0.25) is 0 Å². The maximum absolute atomic E-state index is 12.6. The quantitative estimate of drug-likeness (QED) is 0.911. The first-order chi connectivity index (χ1) is 10.5. The molecule has 2 rings (SSSR count). The third kappa shape index (κ3) is 4.00. The number of hydrogen-bond donors (Lipinski definition) is 1. The Balaban J connectivity index is 2.00. The predicted octanol–water partition coefficient (Wildman–Crippen LogP) is 2.26. The summed E-state index contributed by atoms with van der Waals surface area (Å²) >= 11 is 0. The van der Waals surface area contributed by atoms with Crippen LogP contribution in [0.15, 0.2) is 24.3 Å². The van der Waals surface area contributed by atoms with Crippen molar-refractivity contribution in [2.45, 2.75) is 33.2 Å². The van der Waals surface area contributed by atoms with Crippen LogP contribution in [0.5, 0.6) is 0 Å². The number of carbonyl (C=O) groups is 2. The molecule has 1 fully saturated rings. The highest BCUT2D eigenvalue weighted by molar-refractivity contribution is 5.95. The van der Waals surface area contributed by atoms with E-state index in [9.17, 15) is 9.59 Å². The van der Waals surface area contributed by atoms with Crippen LogP contribution in [0.4, 0.5) is 4.79 Å². The second kappa shape index (κ2) is 7.29. The van der Waals surface area contributed by atoms with E-state index in [1.165, 1.54) is 0 Å². The van der Waals surface area contributed by atoms with Gasteiger partial charge in [-0.1, -0.05) is 18.2 Å². The van der Waals surface area contributed by atoms with Crippen molar-refractivity contribution in [2.75, 3.05) is 26.2 Å². The summed E-state index contributed by atoms with van der Waals surface area (Å²) < 4.78 is 0. The minimum absolute atomic E-state index is 0.0415. The molecule has 0 unspecified atom stereocenters. The molecule has 0 aliphatic carbocycles. The van der Waals surface area contributed by atoms with Gasteiger partial charge in [-0.25, -0.2) is 4.79 Å². The fourth-order valence-corrected chi connectivity index (χ4v) is 2.65. The first kappa shape index (κ1) is 16.3. The Morgan fingerprint density at radius 3 is 2.36 bits per heavy atom. The molecule has 0 saturated carbocycles. The number of urea groups is 1. The van der Waals surface area contributed by atoms with Crippen LogP contribution in [-0.4, -0.2) is 54.0 Å². The van der Waals surface area contributed by atoms with Crippen LogP contribution in [-0.2, 0) is 0 Å². The summed E-state index contributed by atoms with van der Waals surface area (Å²) in [5.74, 6) is 0.0595. The zero-order chi connectivity index (χ0) is 16.1. The van der Waals surface area contributed by atoms with Crippen molar-refractivity contribution in [1.29, 1.82) is 0 Å². The van der Waals surface area contributed by atoms with Gasteiger partial charge in [0.15, 0.2) is 0 Å². The predicted molar refractivity (Wildman–Crippen MR) is 86.9 cm³/mol. The monoisotopic (exact) mass is 303 g/mol. The average Bonchev–Trinajstić information content (AvgIpc) is 2.72. The van der Waals surface area contributed by atoms with E-state index in [-0.39, 0.29) is 18.0 Å². The van der Waals surface area contributed by atoms with Gasteiger partial charge in [0.05, 0.1) is 0 Å². The lowest BCUT2D eigenvalue weighted by Gasteiger charge is -2.23. The zero-order valence-electron chi connectivity index (χ0n) is 13.6. The molecule has 5 nitrogen and oxygen atoms in total. The molecule has 1 N–H and O–H groups in total. The Morgan fingerprint density at radius 2 is 1.68 bits per heavy atom. The van der Waals surface area contributed by atoms with E-state index in [1.807, 2.05) is 49.9 Å². The summed E-state index contributed by atoms with van der Waals surface area (Å²) in [6.45, 7) is 8.39. The normalized spacial score (nSPS) is 15.6. The van der Waals surface area contributed by atoms with Crippen molar-refractivity contribution in [3.8, 4) is 0 Å². The van der Waals surface area contributed by atoms with Crippen molar-refractivity contribution in [2.24, 2.45) is 0 Å². The maximum atomic E-state index is 12.6. The molecule has 0 aromatic heterocycles. The number of hydrogen-bond acceptors (Lipinski definition) is 2. The Labute approximate surface area is 132 Å². The number of amides is 3. The van der Waals surface area contributed by atoms with Crippen molar-refractivity contribution in [3.05, 3.63) is 35.4 Å². The molecule has 120 valence electrons. The molecule has 5 heteroatoms. The standard InChI is InChI=1S/C17H25N3O2/c1-13(2)18-17(22)20-10-6-9-19(11-12-20)16(21)15-8-5-4-7-14(15)3/h4-5,7-8,13H,6,9-12H2,1-3H3,(H,18,22). The maximum Gasteiger partial charge on any atom is 0.317 e. The Morgan fingerprint density at radius 1 is 1.05 bits per heavy atom. The number of rotatable bonds is 2. The fourth-order valence-electron chi connectivity index (χ4n) is 2.65. The fraction of sp³-hybridized carbons (Fsp3) is 0.529. The molecule has 1 aromatic rings. The Hall–Kier alpha value is -2.04.